The molecule has 0 radical (unpaired) electrons. The van der Waals surface area contributed by atoms with Crippen molar-refractivity contribution in [3.05, 3.63) is 0 Å². The summed E-state index contributed by atoms with van der Waals surface area (Å²) < 4.78 is 0. The Hall–Kier alpha value is -0.570. The minimum absolute atomic E-state index is 0.0794. The second-order valence-corrected chi connectivity index (χ2v) is 4.46. The molecule has 0 saturated carbocycles. The van der Waals surface area contributed by atoms with Crippen LogP contribution in [0.15, 0.2) is 0 Å². The standard InChI is InChI=1S/C9H19NO2/c1-9(2,3)5-4-7(10)6-8(11)12/h7H,4-6,10H2,1-3H3,(H,11,12)/t7-/m0/s1. The minimum atomic E-state index is -0.809. The van der Waals surface area contributed by atoms with E-state index in [0.29, 0.717) is 0 Å². The molecule has 0 rings (SSSR count). The van der Waals surface area contributed by atoms with Gasteiger partial charge in [0.25, 0.3) is 0 Å². The number of rotatable bonds is 4. The Kier molecular flexibility index (Phi) is 4.24. The molecule has 0 saturated heterocycles. The minimum Gasteiger partial charge on any atom is -0.481 e. The summed E-state index contributed by atoms with van der Waals surface area (Å²) in [6, 6.07) is -0.193. The van der Waals surface area contributed by atoms with Gasteiger partial charge in [0.2, 0.25) is 0 Å². The molecule has 0 aromatic rings. The molecular formula is C9H19NO2. The molecule has 0 aliphatic rings. The first-order chi connectivity index (χ1) is 5.31. The molecular weight excluding hydrogens is 154 g/mol. The van der Waals surface area contributed by atoms with Crippen LogP contribution < -0.4 is 5.73 Å². The molecule has 0 aliphatic heterocycles. The van der Waals surface area contributed by atoms with Gasteiger partial charge in [-0.1, -0.05) is 20.8 Å². The van der Waals surface area contributed by atoms with Gasteiger partial charge in [-0.25, -0.2) is 0 Å². The first kappa shape index (κ1) is 11.4. The average Bonchev–Trinajstić information content (AvgIpc) is 1.80. The summed E-state index contributed by atoms with van der Waals surface area (Å²) in [5.41, 5.74) is 5.85. The number of hydrogen-bond acceptors (Lipinski definition) is 2. The van der Waals surface area contributed by atoms with Crippen LogP contribution in [-0.4, -0.2) is 17.1 Å². The lowest BCUT2D eigenvalue weighted by Gasteiger charge is -2.19. The van der Waals surface area contributed by atoms with Crippen molar-refractivity contribution in [3.8, 4) is 0 Å². The monoisotopic (exact) mass is 173 g/mol. The molecule has 0 unspecified atom stereocenters. The van der Waals surface area contributed by atoms with Gasteiger partial charge in [-0.3, -0.25) is 4.79 Å². The SMILES string of the molecule is CC(C)(C)CC[C@H](N)CC(=O)O. The topological polar surface area (TPSA) is 63.3 Å². The predicted octanol–water partition coefficient (Wildman–Crippen LogP) is 1.61. The third-order valence-electron chi connectivity index (χ3n) is 1.70. The van der Waals surface area contributed by atoms with Crippen LogP contribution in [-0.2, 0) is 4.79 Å². The second kappa shape index (κ2) is 4.45. The molecule has 1 atom stereocenters. The van der Waals surface area contributed by atoms with Crippen molar-refractivity contribution in [1.29, 1.82) is 0 Å². The quantitative estimate of drug-likeness (QED) is 0.679. The van der Waals surface area contributed by atoms with E-state index in [9.17, 15) is 4.79 Å². The van der Waals surface area contributed by atoms with Crippen LogP contribution >= 0.6 is 0 Å². The van der Waals surface area contributed by atoms with Crippen molar-refractivity contribution in [3.63, 3.8) is 0 Å². The van der Waals surface area contributed by atoms with Crippen LogP contribution in [0.2, 0.25) is 0 Å². The zero-order valence-corrected chi connectivity index (χ0v) is 8.13. The van der Waals surface area contributed by atoms with Gasteiger partial charge < -0.3 is 10.8 Å². The highest BCUT2D eigenvalue weighted by Crippen LogP contribution is 2.21. The average molecular weight is 173 g/mol. The fourth-order valence-corrected chi connectivity index (χ4v) is 0.945. The van der Waals surface area contributed by atoms with Crippen LogP contribution in [0.4, 0.5) is 0 Å². The van der Waals surface area contributed by atoms with Crippen molar-refractivity contribution in [2.45, 2.75) is 46.1 Å². The molecule has 0 bridgehead atoms. The maximum atomic E-state index is 10.3. The first-order valence-corrected chi connectivity index (χ1v) is 4.28. The van der Waals surface area contributed by atoms with Crippen LogP contribution in [0.1, 0.15) is 40.0 Å². The highest BCUT2D eigenvalue weighted by molar-refractivity contribution is 5.67. The van der Waals surface area contributed by atoms with E-state index in [4.69, 9.17) is 10.8 Å². The Morgan fingerprint density at radius 3 is 2.33 bits per heavy atom. The largest absolute Gasteiger partial charge is 0.481 e. The number of carbonyl (C=O) groups is 1. The fraction of sp³-hybridized carbons (Fsp3) is 0.889. The zero-order valence-electron chi connectivity index (χ0n) is 8.13. The molecule has 0 aromatic heterocycles. The Labute approximate surface area is 74.0 Å². The second-order valence-electron chi connectivity index (χ2n) is 4.46. The molecule has 0 aliphatic carbocycles. The number of aliphatic carboxylic acids is 1. The Morgan fingerprint density at radius 2 is 2.00 bits per heavy atom. The number of carboxylic acids is 1. The van der Waals surface area contributed by atoms with Crippen molar-refractivity contribution in [2.24, 2.45) is 11.1 Å². The lowest BCUT2D eigenvalue weighted by atomic mass is 9.88. The van der Waals surface area contributed by atoms with Gasteiger partial charge >= 0.3 is 5.97 Å². The van der Waals surface area contributed by atoms with E-state index in [0.717, 1.165) is 12.8 Å². The predicted molar refractivity (Wildman–Crippen MR) is 48.9 cm³/mol. The van der Waals surface area contributed by atoms with Gasteiger partial charge in [-0.2, -0.15) is 0 Å². The summed E-state index contributed by atoms with van der Waals surface area (Å²) in [5.74, 6) is -0.809. The van der Waals surface area contributed by atoms with E-state index in [1.165, 1.54) is 0 Å². The molecule has 0 heterocycles. The van der Waals surface area contributed by atoms with Gasteiger partial charge in [0.15, 0.2) is 0 Å². The third-order valence-corrected chi connectivity index (χ3v) is 1.70. The normalized spacial score (nSPS) is 14.3. The third kappa shape index (κ3) is 7.54. The maximum absolute atomic E-state index is 10.3. The van der Waals surface area contributed by atoms with Crippen molar-refractivity contribution < 1.29 is 9.90 Å². The Morgan fingerprint density at radius 1 is 1.50 bits per heavy atom. The number of carboxylic acid groups (broad SMARTS) is 1. The number of hydrogen-bond donors (Lipinski definition) is 2. The Balaban J connectivity index is 3.57. The van der Waals surface area contributed by atoms with Crippen molar-refractivity contribution in [2.75, 3.05) is 0 Å². The van der Waals surface area contributed by atoms with Crippen LogP contribution in [0, 0.1) is 5.41 Å². The molecule has 0 aromatic carbocycles. The van der Waals surface area contributed by atoms with E-state index in [1.807, 2.05) is 0 Å². The molecule has 12 heavy (non-hydrogen) atoms. The van der Waals surface area contributed by atoms with Crippen molar-refractivity contribution in [1.82, 2.24) is 0 Å². The Bertz CT molecular complexity index is 149. The summed E-state index contributed by atoms with van der Waals surface area (Å²) >= 11 is 0. The highest BCUT2D eigenvalue weighted by atomic mass is 16.4. The summed E-state index contributed by atoms with van der Waals surface area (Å²) in [7, 11) is 0. The van der Waals surface area contributed by atoms with E-state index in [1.54, 1.807) is 0 Å². The van der Waals surface area contributed by atoms with Gasteiger partial charge in [-0.05, 0) is 18.3 Å². The van der Waals surface area contributed by atoms with Gasteiger partial charge in [0.1, 0.15) is 0 Å². The van der Waals surface area contributed by atoms with Gasteiger partial charge in [0.05, 0.1) is 6.42 Å². The smallest absolute Gasteiger partial charge is 0.304 e. The van der Waals surface area contributed by atoms with Crippen LogP contribution in [0.3, 0.4) is 0 Å². The summed E-state index contributed by atoms with van der Waals surface area (Å²) in [6.07, 6.45) is 1.84. The molecule has 0 amide bonds. The lowest BCUT2D eigenvalue weighted by Crippen LogP contribution is -2.25. The number of nitrogens with two attached hydrogens (primary N) is 1. The van der Waals surface area contributed by atoms with Gasteiger partial charge in [-0.15, -0.1) is 0 Å². The molecule has 0 fully saturated rings. The van der Waals surface area contributed by atoms with E-state index in [2.05, 4.69) is 20.8 Å². The summed E-state index contributed by atoms with van der Waals surface area (Å²) in [5, 5.41) is 8.43. The van der Waals surface area contributed by atoms with Crippen molar-refractivity contribution >= 4 is 5.97 Å². The van der Waals surface area contributed by atoms with E-state index >= 15 is 0 Å². The highest BCUT2D eigenvalue weighted by Gasteiger charge is 2.14. The molecule has 3 N–H and O–H groups in total. The van der Waals surface area contributed by atoms with E-state index in [-0.39, 0.29) is 17.9 Å². The van der Waals surface area contributed by atoms with E-state index < -0.39 is 5.97 Å². The summed E-state index contributed by atoms with van der Waals surface area (Å²) in [4.78, 5) is 10.3. The van der Waals surface area contributed by atoms with Crippen LogP contribution in [0.25, 0.3) is 0 Å². The van der Waals surface area contributed by atoms with Gasteiger partial charge in [0, 0.05) is 6.04 Å². The molecule has 3 nitrogen and oxygen atoms in total. The zero-order chi connectivity index (χ0) is 9.78. The maximum Gasteiger partial charge on any atom is 0.304 e. The first-order valence-electron chi connectivity index (χ1n) is 4.28. The fourth-order valence-electron chi connectivity index (χ4n) is 0.945. The molecule has 72 valence electrons. The summed E-state index contributed by atoms with van der Waals surface area (Å²) in [6.45, 7) is 6.38. The molecule has 3 heteroatoms. The molecule has 0 spiro atoms. The lowest BCUT2D eigenvalue weighted by molar-refractivity contribution is -0.137. The van der Waals surface area contributed by atoms with Crippen LogP contribution in [0.5, 0.6) is 0 Å².